The first kappa shape index (κ1) is 15.9. The van der Waals surface area contributed by atoms with Crippen molar-refractivity contribution in [2.24, 2.45) is 0 Å². The van der Waals surface area contributed by atoms with Crippen LogP contribution in [-0.2, 0) is 10.0 Å². The van der Waals surface area contributed by atoms with Crippen LogP contribution in [0.15, 0.2) is 17.0 Å². The lowest BCUT2D eigenvalue weighted by Gasteiger charge is -2.20. The van der Waals surface area contributed by atoms with Gasteiger partial charge in [0, 0.05) is 25.8 Å². The molecule has 108 valence electrons. The topological polar surface area (TPSA) is 66.6 Å². The number of aryl methyl sites for hydroxylation is 1. The lowest BCUT2D eigenvalue weighted by Crippen LogP contribution is -2.34. The normalized spacial score (nSPS) is 12.4. The maximum atomic E-state index is 14.0. The Kier molecular flexibility index (Phi) is 4.89. The van der Waals surface area contributed by atoms with Crippen LogP contribution in [-0.4, -0.2) is 51.9 Å². The maximum absolute atomic E-state index is 14.0. The number of sulfonamides is 1. The SMILES string of the molecule is Cc1cc(N)cc(S(=O)(=O)N(C)CCN(C)C)c1F. The van der Waals surface area contributed by atoms with Crippen molar-refractivity contribution < 1.29 is 12.8 Å². The fourth-order valence-electron chi connectivity index (χ4n) is 1.58. The molecule has 0 atom stereocenters. The summed E-state index contributed by atoms with van der Waals surface area (Å²) in [7, 11) is 1.25. The number of nitrogen functional groups attached to an aromatic ring is 1. The predicted molar refractivity (Wildman–Crippen MR) is 73.9 cm³/mol. The number of benzene rings is 1. The molecule has 0 saturated carbocycles. The van der Waals surface area contributed by atoms with Crippen molar-refractivity contribution in [2.75, 3.05) is 40.0 Å². The Morgan fingerprint density at radius 2 is 1.79 bits per heavy atom. The summed E-state index contributed by atoms with van der Waals surface area (Å²) in [5.74, 6) is -0.745. The molecule has 0 unspecified atom stereocenters. The minimum Gasteiger partial charge on any atom is -0.399 e. The lowest BCUT2D eigenvalue weighted by molar-refractivity contribution is 0.357. The van der Waals surface area contributed by atoms with Crippen molar-refractivity contribution in [1.29, 1.82) is 0 Å². The Balaban J connectivity index is 3.13. The summed E-state index contributed by atoms with van der Waals surface area (Å²) >= 11 is 0. The van der Waals surface area contributed by atoms with Crippen LogP contribution in [0.3, 0.4) is 0 Å². The van der Waals surface area contributed by atoms with Crippen molar-refractivity contribution >= 4 is 15.7 Å². The smallest absolute Gasteiger partial charge is 0.245 e. The van der Waals surface area contributed by atoms with E-state index in [2.05, 4.69) is 0 Å². The van der Waals surface area contributed by atoms with Gasteiger partial charge in [-0.15, -0.1) is 0 Å². The van der Waals surface area contributed by atoms with E-state index in [4.69, 9.17) is 5.73 Å². The number of nitrogens with zero attached hydrogens (tertiary/aromatic N) is 2. The summed E-state index contributed by atoms with van der Waals surface area (Å²) in [6.45, 7) is 2.33. The minimum atomic E-state index is -3.86. The van der Waals surface area contributed by atoms with Crippen LogP contribution >= 0.6 is 0 Å². The van der Waals surface area contributed by atoms with Crippen molar-refractivity contribution in [3.63, 3.8) is 0 Å². The van der Waals surface area contributed by atoms with Gasteiger partial charge in [0.1, 0.15) is 10.7 Å². The number of anilines is 1. The highest BCUT2D eigenvalue weighted by atomic mass is 32.2. The number of rotatable bonds is 5. The predicted octanol–water partition coefficient (Wildman–Crippen LogP) is 0.898. The second kappa shape index (κ2) is 5.85. The zero-order valence-electron chi connectivity index (χ0n) is 11.6. The van der Waals surface area contributed by atoms with Gasteiger partial charge in [-0.3, -0.25) is 0 Å². The second-order valence-corrected chi connectivity index (χ2v) is 6.79. The Bertz CT molecular complexity index is 558. The fraction of sp³-hybridized carbons (Fsp3) is 0.500. The summed E-state index contributed by atoms with van der Waals surface area (Å²) in [4.78, 5) is 1.48. The van der Waals surface area contributed by atoms with E-state index in [0.717, 1.165) is 10.4 Å². The average Bonchev–Trinajstić information content (AvgIpc) is 2.30. The highest BCUT2D eigenvalue weighted by Crippen LogP contribution is 2.23. The maximum Gasteiger partial charge on any atom is 0.245 e. The van der Waals surface area contributed by atoms with Crippen LogP contribution in [0.2, 0.25) is 0 Å². The highest BCUT2D eigenvalue weighted by molar-refractivity contribution is 7.89. The van der Waals surface area contributed by atoms with E-state index < -0.39 is 15.8 Å². The van der Waals surface area contributed by atoms with Crippen LogP contribution < -0.4 is 5.73 Å². The van der Waals surface area contributed by atoms with E-state index in [1.165, 1.54) is 20.0 Å². The van der Waals surface area contributed by atoms with Gasteiger partial charge < -0.3 is 10.6 Å². The summed E-state index contributed by atoms with van der Waals surface area (Å²) in [6.07, 6.45) is 0. The van der Waals surface area contributed by atoms with E-state index in [1.54, 1.807) is 0 Å². The molecule has 0 aromatic heterocycles. The molecule has 0 spiro atoms. The first-order chi connectivity index (χ1) is 8.66. The lowest BCUT2D eigenvalue weighted by atomic mass is 10.2. The summed E-state index contributed by atoms with van der Waals surface area (Å²) in [5.41, 5.74) is 6.05. The molecule has 0 aliphatic heterocycles. The van der Waals surface area contributed by atoms with Crippen LogP contribution in [0.1, 0.15) is 5.56 Å². The van der Waals surface area contributed by atoms with E-state index in [1.807, 2.05) is 19.0 Å². The Labute approximate surface area is 113 Å². The molecule has 0 fully saturated rings. The third-order valence-electron chi connectivity index (χ3n) is 2.79. The highest BCUT2D eigenvalue weighted by Gasteiger charge is 2.25. The molecule has 1 aromatic rings. The largest absolute Gasteiger partial charge is 0.399 e. The number of halogens is 1. The molecular weight excluding hydrogens is 269 g/mol. The third kappa shape index (κ3) is 3.65. The molecular formula is C12H20FN3O2S. The van der Waals surface area contributed by atoms with Crippen molar-refractivity contribution in [3.05, 3.63) is 23.5 Å². The van der Waals surface area contributed by atoms with Gasteiger partial charge >= 0.3 is 0 Å². The molecule has 19 heavy (non-hydrogen) atoms. The Hall–Kier alpha value is -1.18. The molecule has 0 heterocycles. The molecule has 0 aliphatic rings. The van der Waals surface area contributed by atoms with Crippen LogP contribution in [0, 0.1) is 12.7 Å². The molecule has 7 heteroatoms. The molecule has 2 N–H and O–H groups in total. The molecule has 5 nitrogen and oxygen atoms in total. The summed E-state index contributed by atoms with van der Waals surface area (Å²) in [6, 6.07) is 2.57. The van der Waals surface area contributed by atoms with E-state index in [9.17, 15) is 12.8 Å². The van der Waals surface area contributed by atoms with Gasteiger partial charge in [-0.05, 0) is 38.7 Å². The standard InChI is InChI=1S/C12H20FN3O2S/c1-9-7-10(14)8-11(12(9)13)19(17,18)16(4)6-5-15(2)3/h7-8H,5-6,14H2,1-4H3. The first-order valence-electron chi connectivity index (χ1n) is 5.83. The molecule has 0 saturated heterocycles. The quantitative estimate of drug-likeness (QED) is 0.818. The Morgan fingerprint density at radius 1 is 1.21 bits per heavy atom. The Morgan fingerprint density at radius 3 is 2.32 bits per heavy atom. The van der Waals surface area contributed by atoms with Gasteiger partial charge in [-0.2, -0.15) is 4.31 Å². The van der Waals surface area contributed by atoms with Crippen LogP contribution in [0.4, 0.5) is 10.1 Å². The van der Waals surface area contributed by atoms with Crippen molar-refractivity contribution in [1.82, 2.24) is 9.21 Å². The molecule has 0 bridgehead atoms. The van der Waals surface area contributed by atoms with Gasteiger partial charge in [0.25, 0.3) is 0 Å². The summed E-state index contributed by atoms with van der Waals surface area (Å²) < 4.78 is 39.7. The second-order valence-electron chi connectivity index (χ2n) is 4.78. The number of likely N-dealkylation sites (N-methyl/N-ethyl adjacent to an activating group) is 2. The van der Waals surface area contributed by atoms with E-state index in [0.29, 0.717) is 6.54 Å². The number of hydrogen-bond donors (Lipinski definition) is 1. The molecule has 0 radical (unpaired) electrons. The minimum absolute atomic E-state index is 0.222. The molecule has 1 aromatic carbocycles. The van der Waals surface area contributed by atoms with Gasteiger partial charge in [-0.25, -0.2) is 12.8 Å². The fourth-order valence-corrected chi connectivity index (χ4v) is 2.91. The molecule has 0 amide bonds. The van der Waals surface area contributed by atoms with Gasteiger partial charge in [0.15, 0.2) is 0 Å². The van der Waals surface area contributed by atoms with Crippen molar-refractivity contribution in [2.45, 2.75) is 11.8 Å². The monoisotopic (exact) mass is 289 g/mol. The van der Waals surface area contributed by atoms with E-state index >= 15 is 0 Å². The average molecular weight is 289 g/mol. The third-order valence-corrected chi connectivity index (χ3v) is 4.65. The van der Waals surface area contributed by atoms with Crippen LogP contribution in [0.25, 0.3) is 0 Å². The van der Waals surface area contributed by atoms with Gasteiger partial charge in [-0.1, -0.05) is 0 Å². The number of nitrogens with two attached hydrogens (primary N) is 1. The van der Waals surface area contributed by atoms with Crippen molar-refractivity contribution in [3.8, 4) is 0 Å². The molecule has 0 aliphatic carbocycles. The van der Waals surface area contributed by atoms with Gasteiger partial charge in [0.05, 0.1) is 0 Å². The van der Waals surface area contributed by atoms with Gasteiger partial charge in [0.2, 0.25) is 10.0 Å². The molecule has 1 rings (SSSR count). The van der Waals surface area contributed by atoms with Crippen LogP contribution in [0.5, 0.6) is 0 Å². The van der Waals surface area contributed by atoms with E-state index in [-0.39, 0.29) is 22.7 Å². The zero-order valence-corrected chi connectivity index (χ0v) is 12.5. The summed E-state index contributed by atoms with van der Waals surface area (Å²) in [5, 5.41) is 0. The number of hydrogen-bond acceptors (Lipinski definition) is 4. The zero-order chi connectivity index (χ0) is 14.8. The first-order valence-corrected chi connectivity index (χ1v) is 7.27.